The Labute approximate surface area is 186 Å². The molecule has 0 unspecified atom stereocenters. The lowest BCUT2D eigenvalue weighted by atomic mass is 10.1. The summed E-state index contributed by atoms with van der Waals surface area (Å²) in [5.41, 5.74) is 3.73. The minimum atomic E-state index is -4.09. The van der Waals surface area contributed by atoms with E-state index < -0.39 is 10.1 Å². The number of benzene rings is 4. The molecule has 0 bridgehead atoms. The number of para-hydroxylation sites is 1. The van der Waals surface area contributed by atoms with Gasteiger partial charge in [-0.15, -0.1) is 0 Å². The molecule has 0 aliphatic carbocycles. The average Bonchev–Trinajstić information content (AvgIpc) is 2.80. The van der Waals surface area contributed by atoms with Gasteiger partial charge < -0.3 is 4.18 Å². The van der Waals surface area contributed by atoms with Crippen molar-refractivity contribution in [1.82, 2.24) is 5.43 Å². The molecule has 0 fully saturated rings. The zero-order valence-corrected chi connectivity index (χ0v) is 17.8. The molecule has 0 aromatic heterocycles. The standard InChI is InChI=1S/C25H20N2O4S/c28-25(17-19-9-2-1-3-10-19)27-26-18-21-12-5-7-15-23(21)31-32(29,30)24-16-8-13-20-11-4-6-14-22(20)24/h1-16,18H,17H2,(H,27,28)/b26-18+. The molecule has 0 spiro atoms. The van der Waals surface area contributed by atoms with E-state index in [4.69, 9.17) is 4.18 Å². The van der Waals surface area contributed by atoms with Crippen LogP contribution in [0.25, 0.3) is 10.8 Å². The van der Waals surface area contributed by atoms with Crippen LogP contribution in [0.2, 0.25) is 0 Å². The lowest BCUT2D eigenvalue weighted by Gasteiger charge is -2.11. The zero-order chi connectivity index (χ0) is 22.4. The topological polar surface area (TPSA) is 84.8 Å². The number of hydrazone groups is 1. The summed E-state index contributed by atoms with van der Waals surface area (Å²) in [5.74, 6) is -0.171. The van der Waals surface area contributed by atoms with Crippen LogP contribution in [0.1, 0.15) is 11.1 Å². The number of nitrogens with one attached hydrogen (secondary N) is 1. The summed E-state index contributed by atoms with van der Waals surface area (Å²) in [4.78, 5) is 12.2. The Balaban J connectivity index is 1.52. The highest BCUT2D eigenvalue weighted by atomic mass is 32.2. The van der Waals surface area contributed by atoms with E-state index in [2.05, 4.69) is 10.5 Å². The molecule has 1 N–H and O–H groups in total. The van der Waals surface area contributed by atoms with Gasteiger partial charge in [0.25, 0.3) is 0 Å². The SMILES string of the molecule is O=C(Cc1ccccc1)N/N=C/c1ccccc1OS(=O)(=O)c1cccc2ccccc12. The van der Waals surface area contributed by atoms with Crippen molar-refractivity contribution in [3.8, 4) is 5.75 Å². The van der Waals surface area contributed by atoms with Crippen molar-refractivity contribution in [3.05, 3.63) is 108 Å². The van der Waals surface area contributed by atoms with Crippen molar-refractivity contribution >= 4 is 33.0 Å². The van der Waals surface area contributed by atoms with Crippen molar-refractivity contribution in [3.63, 3.8) is 0 Å². The molecule has 160 valence electrons. The van der Waals surface area contributed by atoms with Gasteiger partial charge in [0.15, 0.2) is 5.75 Å². The van der Waals surface area contributed by atoms with E-state index in [0.717, 1.165) is 10.9 Å². The van der Waals surface area contributed by atoms with Gasteiger partial charge in [0, 0.05) is 10.9 Å². The van der Waals surface area contributed by atoms with Crippen molar-refractivity contribution < 1.29 is 17.4 Å². The maximum Gasteiger partial charge on any atom is 0.339 e. The third kappa shape index (κ3) is 5.01. The highest BCUT2D eigenvalue weighted by Gasteiger charge is 2.20. The Bertz CT molecular complexity index is 1380. The van der Waals surface area contributed by atoms with E-state index in [1.807, 2.05) is 48.5 Å². The number of hydrogen-bond donors (Lipinski definition) is 1. The van der Waals surface area contributed by atoms with Crippen molar-refractivity contribution in [2.24, 2.45) is 5.10 Å². The number of carbonyl (C=O) groups excluding carboxylic acids is 1. The number of carbonyl (C=O) groups is 1. The summed E-state index contributed by atoms with van der Waals surface area (Å²) in [7, 11) is -4.09. The van der Waals surface area contributed by atoms with Gasteiger partial charge in [-0.2, -0.15) is 13.5 Å². The number of amides is 1. The van der Waals surface area contributed by atoms with Crippen molar-refractivity contribution in [2.75, 3.05) is 0 Å². The molecule has 0 saturated heterocycles. The maximum atomic E-state index is 13.0. The highest BCUT2D eigenvalue weighted by Crippen LogP contribution is 2.27. The van der Waals surface area contributed by atoms with Gasteiger partial charge >= 0.3 is 10.1 Å². The first-order valence-corrected chi connectivity index (χ1v) is 11.3. The summed E-state index contributed by atoms with van der Waals surface area (Å²) in [6.45, 7) is 0. The Morgan fingerprint density at radius 2 is 1.53 bits per heavy atom. The fourth-order valence-electron chi connectivity index (χ4n) is 3.23. The fraction of sp³-hybridized carbons (Fsp3) is 0.0400. The molecule has 4 aromatic rings. The van der Waals surface area contributed by atoms with Crippen LogP contribution >= 0.6 is 0 Å². The minimum absolute atomic E-state index is 0.0819. The first-order chi connectivity index (χ1) is 15.5. The van der Waals surface area contributed by atoms with Crippen LogP contribution in [0.5, 0.6) is 5.75 Å². The third-order valence-electron chi connectivity index (χ3n) is 4.74. The predicted molar refractivity (Wildman–Crippen MR) is 124 cm³/mol. The van der Waals surface area contributed by atoms with E-state index in [-0.39, 0.29) is 23.0 Å². The van der Waals surface area contributed by atoms with Gasteiger partial charge in [-0.05, 0) is 29.1 Å². The van der Waals surface area contributed by atoms with Crippen LogP contribution in [0.3, 0.4) is 0 Å². The predicted octanol–water partition coefficient (Wildman–Crippen LogP) is 4.30. The summed E-state index contributed by atoms with van der Waals surface area (Å²) in [6.07, 6.45) is 1.54. The van der Waals surface area contributed by atoms with E-state index >= 15 is 0 Å². The summed E-state index contributed by atoms with van der Waals surface area (Å²) in [6, 6.07) is 28.1. The molecular formula is C25H20N2O4S. The lowest BCUT2D eigenvalue weighted by Crippen LogP contribution is -2.19. The molecule has 1 amide bonds. The molecular weight excluding hydrogens is 424 g/mol. The second kappa shape index (κ2) is 9.45. The monoisotopic (exact) mass is 444 g/mol. The van der Waals surface area contributed by atoms with Crippen molar-refractivity contribution in [2.45, 2.75) is 11.3 Å². The van der Waals surface area contributed by atoms with Crippen LogP contribution in [0, 0.1) is 0 Å². The third-order valence-corrected chi connectivity index (χ3v) is 6.03. The van der Waals surface area contributed by atoms with Crippen molar-refractivity contribution in [1.29, 1.82) is 0 Å². The van der Waals surface area contributed by atoms with E-state index in [1.54, 1.807) is 36.4 Å². The molecule has 0 atom stereocenters. The second-order valence-corrected chi connectivity index (χ2v) is 8.52. The van der Waals surface area contributed by atoms with E-state index in [9.17, 15) is 13.2 Å². The van der Waals surface area contributed by atoms with Gasteiger partial charge in [-0.3, -0.25) is 4.79 Å². The highest BCUT2D eigenvalue weighted by molar-refractivity contribution is 7.87. The molecule has 0 heterocycles. The number of rotatable bonds is 7. The largest absolute Gasteiger partial charge is 0.378 e. The first kappa shape index (κ1) is 21.3. The summed E-state index contributed by atoms with van der Waals surface area (Å²) in [5, 5.41) is 5.33. The van der Waals surface area contributed by atoms with Gasteiger partial charge in [-0.25, -0.2) is 5.43 Å². The number of nitrogens with zero attached hydrogens (tertiary/aromatic N) is 1. The van der Waals surface area contributed by atoms with Gasteiger partial charge in [0.1, 0.15) is 4.90 Å². The molecule has 4 aromatic carbocycles. The molecule has 0 saturated carbocycles. The minimum Gasteiger partial charge on any atom is -0.378 e. The molecule has 0 aliphatic rings. The Hall–Kier alpha value is -3.97. The van der Waals surface area contributed by atoms with Gasteiger partial charge in [-0.1, -0.05) is 78.9 Å². The first-order valence-electron chi connectivity index (χ1n) is 9.90. The quantitative estimate of drug-likeness (QED) is 0.262. The average molecular weight is 445 g/mol. The smallest absolute Gasteiger partial charge is 0.339 e. The zero-order valence-electron chi connectivity index (χ0n) is 17.0. The number of hydrogen-bond acceptors (Lipinski definition) is 5. The second-order valence-electron chi connectivity index (χ2n) is 7.01. The van der Waals surface area contributed by atoms with E-state index in [1.165, 1.54) is 18.3 Å². The lowest BCUT2D eigenvalue weighted by molar-refractivity contribution is -0.120. The number of fused-ring (bicyclic) bond motifs is 1. The van der Waals surface area contributed by atoms with Gasteiger partial charge in [0.05, 0.1) is 12.6 Å². The molecule has 6 nitrogen and oxygen atoms in total. The van der Waals surface area contributed by atoms with Crippen LogP contribution in [0.4, 0.5) is 0 Å². The van der Waals surface area contributed by atoms with Crippen LogP contribution in [-0.2, 0) is 21.3 Å². The van der Waals surface area contributed by atoms with E-state index in [0.29, 0.717) is 10.9 Å². The Morgan fingerprint density at radius 1 is 0.844 bits per heavy atom. The molecule has 7 heteroatoms. The molecule has 0 aliphatic heterocycles. The van der Waals surface area contributed by atoms with Crippen LogP contribution in [0.15, 0.2) is 107 Å². The fourth-order valence-corrected chi connectivity index (χ4v) is 4.41. The Morgan fingerprint density at radius 3 is 2.38 bits per heavy atom. The molecule has 4 rings (SSSR count). The van der Waals surface area contributed by atoms with Crippen LogP contribution in [-0.4, -0.2) is 20.5 Å². The molecule has 32 heavy (non-hydrogen) atoms. The molecule has 0 radical (unpaired) electrons. The van der Waals surface area contributed by atoms with Gasteiger partial charge in [0.2, 0.25) is 5.91 Å². The van der Waals surface area contributed by atoms with Crippen LogP contribution < -0.4 is 9.61 Å². The maximum absolute atomic E-state index is 13.0. The Kier molecular flexibility index (Phi) is 6.28. The summed E-state index contributed by atoms with van der Waals surface area (Å²) < 4.78 is 31.5. The summed E-state index contributed by atoms with van der Waals surface area (Å²) >= 11 is 0. The normalized spacial score (nSPS) is 11.5.